The Morgan fingerprint density at radius 3 is 2.78 bits per heavy atom. The lowest BCUT2D eigenvalue weighted by atomic mass is 10.0. The number of carbonyl (C=O) groups is 1. The van der Waals surface area contributed by atoms with Gasteiger partial charge in [0.1, 0.15) is 11.5 Å². The topological polar surface area (TPSA) is 59.5 Å². The predicted octanol–water partition coefficient (Wildman–Crippen LogP) is 3.27. The maximum Gasteiger partial charge on any atom is 0.289 e. The molecule has 0 N–H and O–H groups in total. The van der Waals surface area contributed by atoms with Crippen LogP contribution < -0.4 is 0 Å². The third-order valence-corrected chi connectivity index (χ3v) is 3.97. The fourth-order valence-corrected chi connectivity index (χ4v) is 2.79. The van der Waals surface area contributed by atoms with E-state index in [4.69, 9.17) is 8.94 Å². The normalized spacial score (nSPS) is 13.9. The molecule has 0 saturated heterocycles. The molecule has 1 amide bonds. The number of hydrogen-bond acceptors (Lipinski definition) is 4. The van der Waals surface area contributed by atoms with Crippen molar-refractivity contribution < 1.29 is 18.1 Å². The highest BCUT2D eigenvalue weighted by Gasteiger charge is 2.28. The van der Waals surface area contributed by atoms with Crippen LogP contribution in [0.15, 0.2) is 51.6 Å². The fraction of sp³-hybridized carbons (Fsp3) is 0.176. The molecule has 6 heteroatoms. The van der Waals surface area contributed by atoms with Gasteiger partial charge in [-0.3, -0.25) is 4.79 Å². The van der Waals surface area contributed by atoms with Gasteiger partial charge in [0.05, 0.1) is 12.8 Å². The van der Waals surface area contributed by atoms with Gasteiger partial charge in [-0.15, -0.1) is 0 Å². The van der Waals surface area contributed by atoms with Gasteiger partial charge < -0.3 is 13.8 Å². The lowest BCUT2D eigenvalue weighted by Gasteiger charge is -2.25. The number of fused-ring (bicyclic) bond motifs is 1. The molecule has 23 heavy (non-hydrogen) atoms. The molecule has 1 aliphatic heterocycles. The third-order valence-electron chi connectivity index (χ3n) is 3.97. The summed E-state index contributed by atoms with van der Waals surface area (Å²) in [6.45, 7) is 0.932. The minimum Gasteiger partial charge on any atom is -0.459 e. The Morgan fingerprint density at radius 2 is 2.04 bits per heavy atom. The summed E-state index contributed by atoms with van der Waals surface area (Å²) in [5, 5.41) is 4.08. The molecule has 0 atom stereocenters. The molecule has 116 valence electrons. The highest BCUT2D eigenvalue weighted by Crippen LogP contribution is 2.30. The zero-order chi connectivity index (χ0) is 15.8. The largest absolute Gasteiger partial charge is 0.459 e. The van der Waals surface area contributed by atoms with Crippen LogP contribution in [0, 0.1) is 5.82 Å². The molecular formula is C17H13FN2O3. The van der Waals surface area contributed by atoms with E-state index in [1.807, 2.05) is 0 Å². The van der Waals surface area contributed by atoms with Gasteiger partial charge in [-0.05, 0) is 42.8 Å². The Morgan fingerprint density at radius 1 is 1.22 bits per heavy atom. The first-order valence-electron chi connectivity index (χ1n) is 7.28. The van der Waals surface area contributed by atoms with E-state index < -0.39 is 0 Å². The van der Waals surface area contributed by atoms with Crippen LogP contribution in [0.1, 0.15) is 21.8 Å². The molecule has 0 unspecified atom stereocenters. The zero-order valence-electron chi connectivity index (χ0n) is 12.2. The van der Waals surface area contributed by atoms with Crippen molar-refractivity contribution in [2.24, 2.45) is 0 Å². The van der Waals surface area contributed by atoms with Gasteiger partial charge in [-0.2, -0.15) is 0 Å². The van der Waals surface area contributed by atoms with Crippen LogP contribution in [0.3, 0.4) is 0 Å². The summed E-state index contributed by atoms with van der Waals surface area (Å²) in [4.78, 5) is 14.0. The Kier molecular flexibility index (Phi) is 3.22. The summed E-state index contributed by atoms with van der Waals surface area (Å²) < 4.78 is 23.6. The minimum atomic E-state index is -0.294. The second kappa shape index (κ2) is 5.39. The second-order valence-electron chi connectivity index (χ2n) is 5.40. The van der Waals surface area contributed by atoms with Crippen molar-refractivity contribution in [3.05, 3.63) is 65.5 Å². The predicted molar refractivity (Wildman–Crippen MR) is 79.0 cm³/mol. The summed E-state index contributed by atoms with van der Waals surface area (Å²) in [7, 11) is 0. The maximum absolute atomic E-state index is 13.0. The number of amides is 1. The average molecular weight is 312 g/mol. The van der Waals surface area contributed by atoms with Crippen LogP contribution in [0.4, 0.5) is 4.39 Å². The summed E-state index contributed by atoms with van der Waals surface area (Å²) in [5.74, 6) is 0.505. The number of hydrogen-bond donors (Lipinski definition) is 0. The summed E-state index contributed by atoms with van der Waals surface area (Å²) in [6.07, 6.45) is 2.11. The van der Waals surface area contributed by atoms with Crippen molar-refractivity contribution in [1.82, 2.24) is 10.1 Å². The fourth-order valence-electron chi connectivity index (χ4n) is 2.79. The number of aromatic nitrogens is 1. The van der Waals surface area contributed by atoms with Crippen molar-refractivity contribution in [2.45, 2.75) is 13.0 Å². The molecule has 3 heterocycles. The van der Waals surface area contributed by atoms with Crippen molar-refractivity contribution >= 4 is 5.91 Å². The van der Waals surface area contributed by atoms with Crippen LogP contribution in [-0.2, 0) is 13.0 Å². The van der Waals surface area contributed by atoms with E-state index in [1.165, 1.54) is 18.4 Å². The van der Waals surface area contributed by atoms with Gasteiger partial charge in [0.15, 0.2) is 11.5 Å². The molecule has 1 aliphatic rings. The Labute approximate surface area is 131 Å². The number of nitrogens with zero attached hydrogens (tertiary/aromatic N) is 2. The van der Waals surface area contributed by atoms with Gasteiger partial charge in [-0.1, -0.05) is 5.16 Å². The molecule has 2 aromatic heterocycles. The standard InChI is InChI=1S/C17H13FN2O3/c18-12-5-3-11(4-6-12)16-13-7-8-20(10-14(13)19-23-16)17(21)15-2-1-9-22-15/h1-6,9H,7-8,10H2. The van der Waals surface area contributed by atoms with E-state index in [0.717, 1.165) is 16.8 Å². The highest BCUT2D eigenvalue weighted by atomic mass is 19.1. The van der Waals surface area contributed by atoms with Gasteiger partial charge in [0.25, 0.3) is 5.91 Å². The number of halogens is 1. The number of benzene rings is 1. The SMILES string of the molecule is O=C(c1ccco1)N1CCc2c(noc2-c2ccc(F)cc2)C1. The van der Waals surface area contributed by atoms with Crippen LogP contribution >= 0.6 is 0 Å². The van der Waals surface area contributed by atoms with E-state index >= 15 is 0 Å². The quantitative estimate of drug-likeness (QED) is 0.728. The summed E-state index contributed by atoms with van der Waals surface area (Å²) >= 11 is 0. The lowest BCUT2D eigenvalue weighted by molar-refractivity contribution is 0.0699. The molecular weight excluding hydrogens is 299 g/mol. The Balaban J connectivity index is 1.60. The van der Waals surface area contributed by atoms with Crippen LogP contribution in [-0.4, -0.2) is 22.5 Å². The van der Waals surface area contributed by atoms with Crippen molar-refractivity contribution in [3.63, 3.8) is 0 Å². The first-order chi connectivity index (χ1) is 11.2. The van der Waals surface area contributed by atoms with Crippen LogP contribution in [0.5, 0.6) is 0 Å². The van der Waals surface area contributed by atoms with Gasteiger partial charge in [0.2, 0.25) is 0 Å². The Bertz CT molecular complexity index is 837. The van der Waals surface area contributed by atoms with E-state index in [2.05, 4.69) is 5.16 Å². The average Bonchev–Trinajstić information content (AvgIpc) is 3.24. The second-order valence-corrected chi connectivity index (χ2v) is 5.40. The van der Waals surface area contributed by atoms with Gasteiger partial charge in [0, 0.05) is 17.7 Å². The maximum atomic E-state index is 13.0. The van der Waals surface area contributed by atoms with E-state index in [9.17, 15) is 9.18 Å². The lowest BCUT2D eigenvalue weighted by Crippen LogP contribution is -2.35. The van der Waals surface area contributed by atoms with E-state index in [-0.39, 0.29) is 11.7 Å². The third kappa shape index (κ3) is 2.42. The molecule has 1 aromatic carbocycles. The van der Waals surface area contributed by atoms with Crippen LogP contribution in [0.2, 0.25) is 0 Å². The monoisotopic (exact) mass is 312 g/mol. The van der Waals surface area contributed by atoms with Crippen molar-refractivity contribution in [1.29, 1.82) is 0 Å². The first-order valence-corrected chi connectivity index (χ1v) is 7.28. The number of furan rings is 1. The molecule has 3 aromatic rings. The molecule has 0 spiro atoms. The van der Waals surface area contributed by atoms with Gasteiger partial charge in [-0.25, -0.2) is 4.39 Å². The van der Waals surface area contributed by atoms with E-state index in [1.54, 1.807) is 29.2 Å². The molecule has 0 radical (unpaired) electrons. The Hall–Kier alpha value is -2.89. The molecule has 5 nitrogen and oxygen atoms in total. The summed E-state index contributed by atoms with van der Waals surface area (Å²) in [5.41, 5.74) is 2.49. The zero-order valence-corrected chi connectivity index (χ0v) is 12.2. The molecule has 0 fully saturated rings. The molecule has 4 rings (SSSR count). The number of carbonyl (C=O) groups excluding carboxylic acids is 1. The van der Waals surface area contributed by atoms with E-state index in [0.29, 0.717) is 31.0 Å². The smallest absolute Gasteiger partial charge is 0.289 e. The van der Waals surface area contributed by atoms with Crippen LogP contribution in [0.25, 0.3) is 11.3 Å². The molecule has 0 bridgehead atoms. The van der Waals surface area contributed by atoms with Gasteiger partial charge >= 0.3 is 0 Å². The molecule has 0 saturated carbocycles. The first kappa shape index (κ1) is 13.8. The minimum absolute atomic E-state index is 0.160. The molecule has 0 aliphatic carbocycles. The summed E-state index contributed by atoms with van der Waals surface area (Å²) in [6, 6.07) is 9.43. The van der Waals surface area contributed by atoms with Crippen molar-refractivity contribution in [2.75, 3.05) is 6.54 Å². The highest BCUT2D eigenvalue weighted by molar-refractivity contribution is 5.91. The van der Waals surface area contributed by atoms with Crippen molar-refractivity contribution in [3.8, 4) is 11.3 Å². The number of rotatable bonds is 2.